The van der Waals surface area contributed by atoms with Crippen LogP contribution < -0.4 is 0 Å². The van der Waals surface area contributed by atoms with Crippen molar-refractivity contribution in [2.24, 2.45) is 0 Å². The molecule has 0 bridgehead atoms. The summed E-state index contributed by atoms with van der Waals surface area (Å²) in [7, 11) is 1.61. The number of aromatic carboxylic acids is 1. The lowest BCUT2D eigenvalue weighted by molar-refractivity contribution is 0.0691. The van der Waals surface area contributed by atoms with Crippen LogP contribution in [0.2, 0.25) is 0 Å². The number of rotatable bonds is 5. The van der Waals surface area contributed by atoms with Crippen LogP contribution in [0.4, 0.5) is 0 Å². The van der Waals surface area contributed by atoms with E-state index in [1.807, 2.05) is 30.3 Å². The van der Waals surface area contributed by atoms with E-state index in [4.69, 9.17) is 4.74 Å². The highest BCUT2D eigenvalue weighted by Crippen LogP contribution is 2.36. The summed E-state index contributed by atoms with van der Waals surface area (Å²) >= 11 is 0. The highest BCUT2D eigenvalue weighted by Gasteiger charge is 2.28. The van der Waals surface area contributed by atoms with E-state index >= 15 is 0 Å². The van der Waals surface area contributed by atoms with Crippen LogP contribution in [0.5, 0.6) is 0 Å². The lowest BCUT2D eigenvalue weighted by atomic mass is 9.94. The molecule has 2 aromatic rings. The van der Waals surface area contributed by atoms with Crippen LogP contribution in [0.1, 0.15) is 54.5 Å². The van der Waals surface area contributed by atoms with Gasteiger partial charge in [0.05, 0.1) is 5.69 Å². The maximum atomic E-state index is 11.7. The largest absolute Gasteiger partial charge is 0.476 e. The third-order valence-corrected chi connectivity index (χ3v) is 4.45. The monoisotopic (exact) mass is 314 g/mol. The van der Waals surface area contributed by atoms with Crippen LogP contribution in [-0.2, 0) is 11.3 Å². The zero-order valence-electron chi connectivity index (χ0n) is 13.4. The first-order valence-electron chi connectivity index (χ1n) is 8.11. The Morgan fingerprint density at radius 2 is 1.96 bits per heavy atom. The summed E-state index contributed by atoms with van der Waals surface area (Å²) in [4.78, 5) is 16.1. The molecule has 5 heteroatoms. The Hall–Kier alpha value is -2.14. The molecule has 23 heavy (non-hydrogen) atoms. The number of carboxylic acids is 1. The predicted octanol–water partition coefficient (Wildman–Crippen LogP) is 3.90. The SMILES string of the molecule is COCc1nc(C(=O)O)c(-c2ccccc2)n1C1CCCCC1. The van der Waals surface area contributed by atoms with Gasteiger partial charge in [-0.25, -0.2) is 9.78 Å². The fraction of sp³-hybridized carbons (Fsp3) is 0.444. The summed E-state index contributed by atoms with van der Waals surface area (Å²) in [5.74, 6) is -0.286. The molecule has 1 aromatic heterocycles. The van der Waals surface area contributed by atoms with Gasteiger partial charge in [0.15, 0.2) is 5.69 Å². The van der Waals surface area contributed by atoms with Gasteiger partial charge in [-0.05, 0) is 12.8 Å². The molecule has 1 aliphatic carbocycles. The van der Waals surface area contributed by atoms with Crippen LogP contribution >= 0.6 is 0 Å². The normalized spacial score (nSPS) is 15.7. The van der Waals surface area contributed by atoms with Gasteiger partial charge in [-0.15, -0.1) is 0 Å². The number of ether oxygens (including phenoxy) is 1. The highest BCUT2D eigenvalue weighted by atomic mass is 16.5. The number of hydrogen-bond donors (Lipinski definition) is 1. The van der Waals surface area contributed by atoms with Gasteiger partial charge in [-0.1, -0.05) is 49.6 Å². The summed E-state index contributed by atoms with van der Waals surface area (Å²) in [5.41, 5.74) is 1.72. The average molecular weight is 314 g/mol. The molecule has 1 aliphatic rings. The van der Waals surface area contributed by atoms with Crippen LogP contribution in [0.15, 0.2) is 30.3 Å². The fourth-order valence-electron chi connectivity index (χ4n) is 3.46. The first kappa shape index (κ1) is 15.7. The van der Waals surface area contributed by atoms with Gasteiger partial charge in [0, 0.05) is 18.7 Å². The molecule has 0 radical (unpaired) electrons. The highest BCUT2D eigenvalue weighted by molar-refractivity contribution is 5.93. The van der Waals surface area contributed by atoms with Gasteiger partial charge < -0.3 is 14.4 Å². The van der Waals surface area contributed by atoms with Crippen molar-refractivity contribution >= 4 is 5.97 Å². The van der Waals surface area contributed by atoms with Crippen LogP contribution in [0.3, 0.4) is 0 Å². The molecule has 1 N–H and O–H groups in total. The summed E-state index contributed by atoms with van der Waals surface area (Å²) in [5, 5.41) is 9.61. The number of imidazole rings is 1. The van der Waals surface area contributed by atoms with E-state index in [0.717, 1.165) is 18.4 Å². The molecule has 1 heterocycles. The van der Waals surface area contributed by atoms with Crippen molar-refractivity contribution in [3.05, 3.63) is 41.9 Å². The number of benzene rings is 1. The molecule has 1 saturated carbocycles. The minimum absolute atomic E-state index is 0.119. The van der Waals surface area contributed by atoms with Crippen molar-refractivity contribution in [1.29, 1.82) is 0 Å². The van der Waals surface area contributed by atoms with Crippen LogP contribution in [0, 0.1) is 0 Å². The van der Waals surface area contributed by atoms with Crippen molar-refractivity contribution in [2.45, 2.75) is 44.8 Å². The molecule has 0 atom stereocenters. The Morgan fingerprint density at radius 1 is 1.26 bits per heavy atom. The Kier molecular flexibility index (Phi) is 4.76. The third-order valence-electron chi connectivity index (χ3n) is 4.45. The topological polar surface area (TPSA) is 64.3 Å². The molecule has 0 spiro atoms. The molecule has 122 valence electrons. The van der Waals surface area contributed by atoms with Crippen molar-refractivity contribution in [1.82, 2.24) is 9.55 Å². The molecule has 3 rings (SSSR count). The Morgan fingerprint density at radius 3 is 2.57 bits per heavy atom. The first-order chi connectivity index (χ1) is 11.2. The molecule has 1 aromatic carbocycles. The number of methoxy groups -OCH3 is 1. The maximum Gasteiger partial charge on any atom is 0.356 e. The van der Waals surface area contributed by atoms with Gasteiger partial charge in [0.25, 0.3) is 0 Å². The van der Waals surface area contributed by atoms with Gasteiger partial charge in [0.2, 0.25) is 0 Å². The maximum absolute atomic E-state index is 11.7. The van der Waals surface area contributed by atoms with Gasteiger partial charge >= 0.3 is 5.97 Å². The van der Waals surface area contributed by atoms with Gasteiger partial charge in [0.1, 0.15) is 12.4 Å². The summed E-state index contributed by atoms with van der Waals surface area (Å²) in [6, 6.07) is 9.97. The second kappa shape index (κ2) is 6.96. The molecule has 1 fully saturated rings. The van der Waals surface area contributed by atoms with E-state index in [0.29, 0.717) is 24.2 Å². The minimum atomic E-state index is -0.990. The number of carboxylic acid groups (broad SMARTS) is 1. The van der Waals surface area contributed by atoms with Crippen LogP contribution in [0.25, 0.3) is 11.3 Å². The second-order valence-electron chi connectivity index (χ2n) is 5.99. The Bertz CT molecular complexity index is 673. The number of carbonyl (C=O) groups is 1. The van der Waals surface area contributed by atoms with E-state index in [1.165, 1.54) is 19.3 Å². The zero-order chi connectivity index (χ0) is 16.2. The molecule has 5 nitrogen and oxygen atoms in total. The van der Waals surface area contributed by atoms with Crippen molar-refractivity contribution in [3.63, 3.8) is 0 Å². The van der Waals surface area contributed by atoms with Crippen molar-refractivity contribution in [2.75, 3.05) is 7.11 Å². The lowest BCUT2D eigenvalue weighted by Gasteiger charge is -2.27. The lowest BCUT2D eigenvalue weighted by Crippen LogP contribution is -2.17. The average Bonchev–Trinajstić information content (AvgIpc) is 2.96. The smallest absolute Gasteiger partial charge is 0.356 e. The van der Waals surface area contributed by atoms with Crippen LogP contribution in [-0.4, -0.2) is 27.7 Å². The van der Waals surface area contributed by atoms with Gasteiger partial charge in [-0.3, -0.25) is 0 Å². The van der Waals surface area contributed by atoms with E-state index in [1.54, 1.807) is 7.11 Å². The molecular weight excluding hydrogens is 292 g/mol. The van der Waals surface area contributed by atoms with E-state index in [-0.39, 0.29) is 5.69 Å². The van der Waals surface area contributed by atoms with E-state index < -0.39 is 5.97 Å². The van der Waals surface area contributed by atoms with E-state index in [2.05, 4.69) is 9.55 Å². The minimum Gasteiger partial charge on any atom is -0.476 e. The fourth-order valence-corrected chi connectivity index (χ4v) is 3.46. The molecular formula is C18H22N2O3. The molecule has 0 aliphatic heterocycles. The van der Waals surface area contributed by atoms with Crippen molar-refractivity contribution in [3.8, 4) is 11.3 Å². The number of hydrogen-bond acceptors (Lipinski definition) is 3. The number of aromatic nitrogens is 2. The third kappa shape index (κ3) is 3.15. The predicted molar refractivity (Wildman–Crippen MR) is 87.5 cm³/mol. The Labute approximate surface area is 135 Å². The quantitative estimate of drug-likeness (QED) is 0.909. The van der Waals surface area contributed by atoms with E-state index in [9.17, 15) is 9.90 Å². The molecule has 0 unspecified atom stereocenters. The zero-order valence-corrected chi connectivity index (χ0v) is 13.4. The van der Waals surface area contributed by atoms with Gasteiger partial charge in [-0.2, -0.15) is 0 Å². The summed E-state index contributed by atoms with van der Waals surface area (Å²) in [6.07, 6.45) is 5.72. The summed E-state index contributed by atoms with van der Waals surface area (Å²) < 4.78 is 7.38. The van der Waals surface area contributed by atoms with Crippen molar-refractivity contribution < 1.29 is 14.6 Å². The first-order valence-corrected chi connectivity index (χ1v) is 8.11. The summed E-state index contributed by atoms with van der Waals surface area (Å²) in [6.45, 7) is 0.323. The number of nitrogens with zero attached hydrogens (tertiary/aromatic N) is 2. The Balaban J connectivity index is 2.18. The second-order valence-corrected chi connectivity index (χ2v) is 5.99. The molecule has 0 saturated heterocycles. The standard InChI is InChI=1S/C18H22N2O3/c1-23-12-15-19-16(18(21)22)17(13-8-4-2-5-9-13)20(15)14-10-6-3-7-11-14/h2,4-5,8-9,14H,3,6-7,10-12H2,1H3,(H,21,22). The molecule has 0 amide bonds.